The fourth-order valence-electron chi connectivity index (χ4n) is 2.42. The zero-order valence-corrected chi connectivity index (χ0v) is 16.1. The van der Waals surface area contributed by atoms with Crippen molar-refractivity contribution in [1.82, 2.24) is 0 Å². The van der Waals surface area contributed by atoms with Gasteiger partial charge in [0.15, 0.2) is 0 Å². The van der Waals surface area contributed by atoms with Crippen molar-refractivity contribution >= 4 is 20.9 Å². The molecule has 0 N–H and O–H groups in total. The van der Waals surface area contributed by atoms with Crippen LogP contribution in [0.5, 0.6) is 0 Å². The summed E-state index contributed by atoms with van der Waals surface area (Å²) in [5, 5.41) is 0. The molecule has 0 aliphatic heterocycles. The van der Waals surface area contributed by atoms with Gasteiger partial charge in [0.05, 0.1) is 0 Å². The summed E-state index contributed by atoms with van der Waals surface area (Å²) in [6.07, 6.45) is 20.7. The molecule has 19 heavy (non-hydrogen) atoms. The predicted octanol–water partition coefficient (Wildman–Crippen LogP) is 7.03. The molecule has 0 nitrogen and oxygen atoms in total. The first kappa shape index (κ1) is 19.8. The molecule has 1 heteroatoms. The molecule has 0 spiro atoms. The molecule has 0 aliphatic rings. The van der Waals surface area contributed by atoms with Gasteiger partial charge in [0.25, 0.3) is 0 Å². The average molecular weight is 382 g/mol. The molecular formula is C18H38Te. The summed E-state index contributed by atoms with van der Waals surface area (Å²) in [6, 6.07) is 0. The molecule has 0 unspecified atom stereocenters. The second-order valence-corrected chi connectivity index (χ2v) is 9.35. The van der Waals surface area contributed by atoms with E-state index >= 15 is 0 Å². The Balaban J connectivity index is 2.88. The Bertz CT molecular complexity index is 129. The molecule has 0 bridgehead atoms. The Kier molecular flexibility index (Phi) is 19.6. The second kappa shape index (κ2) is 18.8. The van der Waals surface area contributed by atoms with Gasteiger partial charge in [-0.3, -0.25) is 0 Å². The van der Waals surface area contributed by atoms with Gasteiger partial charge in [-0.05, 0) is 0 Å². The zero-order chi connectivity index (χ0) is 14.0. The number of hydrogen-bond acceptors (Lipinski definition) is 0. The summed E-state index contributed by atoms with van der Waals surface area (Å²) < 4.78 is 3.24. The fraction of sp³-hybridized carbons (Fsp3) is 1.00. The summed E-state index contributed by atoms with van der Waals surface area (Å²) in [6.45, 7) is 4.60. The van der Waals surface area contributed by atoms with E-state index in [0.29, 0.717) is 20.9 Å². The van der Waals surface area contributed by atoms with Crippen molar-refractivity contribution < 1.29 is 0 Å². The molecule has 0 amide bonds. The van der Waals surface area contributed by atoms with Crippen molar-refractivity contribution in [3.05, 3.63) is 0 Å². The fourth-order valence-corrected chi connectivity index (χ4v) is 5.34. The number of hydrogen-bond donors (Lipinski definition) is 0. The van der Waals surface area contributed by atoms with Crippen LogP contribution < -0.4 is 0 Å². The molecule has 0 radical (unpaired) electrons. The van der Waals surface area contributed by atoms with Gasteiger partial charge in [-0.25, -0.2) is 0 Å². The van der Waals surface area contributed by atoms with Crippen molar-refractivity contribution in [1.29, 1.82) is 0 Å². The predicted molar refractivity (Wildman–Crippen MR) is 91.4 cm³/mol. The second-order valence-electron chi connectivity index (χ2n) is 5.86. The van der Waals surface area contributed by atoms with Gasteiger partial charge in [0.2, 0.25) is 0 Å². The van der Waals surface area contributed by atoms with Crippen molar-refractivity contribution in [3.63, 3.8) is 0 Å². The van der Waals surface area contributed by atoms with Gasteiger partial charge < -0.3 is 0 Å². The van der Waals surface area contributed by atoms with E-state index in [4.69, 9.17) is 0 Å². The third kappa shape index (κ3) is 18.8. The normalized spacial score (nSPS) is 11.1. The molecule has 0 aromatic carbocycles. The van der Waals surface area contributed by atoms with E-state index < -0.39 is 0 Å². The Labute approximate surface area is 133 Å². The minimum atomic E-state index is 0.398. The summed E-state index contributed by atoms with van der Waals surface area (Å²) >= 11 is 0.398. The van der Waals surface area contributed by atoms with Gasteiger partial charge >= 0.3 is 134 Å². The molecular weight excluding hydrogens is 344 g/mol. The molecule has 0 aromatic heterocycles. The van der Waals surface area contributed by atoms with Gasteiger partial charge in [0, 0.05) is 0 Å². The van der Waals surface area contributed by atoms with Crippen LogP contribution in [0.15, 0.2) is 0 Å². The third-order valence-electron chi connectivity index (χ3n) is 3.78. The molecule has 0 rings (SSSR count). The van der Waals surface area contributed by atoms with Crippen LogP contribution in [-0.2, 0) is 0 Å². The molecule has 0 heterocycles. The molecule has 0 fully saturated rings. The Hall–Kier alpha value is 0.790. The Morgan fingerprint density at radius 3 is 1.11 bits per heavy atom. The molecule has 116 valence electrons. The van der Waals surface area contributed by atoms with Crippen LogP contribution in [0.4, 0.5) is 0 Å². The zero-order valence-electron chi connectivity index (χ0n) is 13.7. The number of unbranched alkanes of at least 4 members (excludes halogenated alkanes) is 12. The maximum absolute atomic E-state index is 2.30. The van der Waals surface area contributed by atoms with Crippen LogP contribution in [-0.4, -0.2) is 20.9 Å². The first-order valence-corrected chi connectivity index (χ1v) is 12.3. The maximum atomic E-state index is 2.30. The van der Waals surface area contributed by atoms with Crippen LogP contribution in [0.3, 0.4) is 0 Å². The van der Waals surface area contributed by atoms with Crippen LogP contribution in [0.2, 0.25) is 8.94 Å². The summed E-state index contributed by atoms with van der Waals surface area (Å²) in [4.78, 5) is 0. The standard InChI is InChI=1S/C18H38Te/c1-3-5-7-9-11-13-15-17-19-18-16-14-12-10-8-6-4-2/h3-18H2,1-2H3. The van der Waals surface area contributed by atoms with Crippen LogP contribution in [0.25, 0.3) is 0 Å². The van der Waals surface area contributed by atoms with E-state index in [1.807, 2.05) is 0 Å². The van der Waals surface area contributed by atoms with Gasteiger partial charge in [0.1, 0.15) is 0 Å². The first-order valence-electron chi connectivity index (χ1n) is 8.99. The summed E-state index contributed by atoms with van der Waals surface area (Å²) in [5.41, 5.74) is 0. The van der Waals surface area contributed by atoms with E-state index in [-0.39, 0.29) is 0 Å². The van der Waals surface area contributed by atoms with Gasteiger partial charge in [-0.15, -0.1) is 0 Å². The van der Waals surface area contributed by atoms with E-state index in [2.05, 4.69) is 13.8 Å². The molecule has 0 aromatic rings. The first-order chi connectivity index (χ1) is 9.41. The van der Waals surface area contributed by atoms with Crippen LogP contribution in [0, 0.1) is 0 Å². The van der Waals surface area contributed by atoms with Crippen molar-refractivity contribution in [2.24, 2.45) is 0 Å². The van der Waals surface area contributed by atoms with Crippen molar-refractivity contribution in [2.75, 3.05) is 0 Å². The van der Waals surface area contributed by atoms with Gasteiger partial charge in [-0.2, -0.15) is 0 Å². The van der Waals surface area contributed by atoms with Crippen molar-refractivity contribution in [2.45, 2.75) is 113 Å². The van der Waals surface area contributed by atoms with Crippen LogP contribution >= 0.6 is 0 Å². The molecule has 0 aliphatic carbocycles. The topological polar surface area (TPSA) is 0 Å². The Morgan fingerprint density at radius 2 is 0.737 bits per heavy atom. The molecule has 0 atom stereocenters. The quantitative estimate of drug-likeness (QED) is 0.199. The van der Waals surface area contributed by atoms with E-state index in [1.54, 1.807) is 21.8 Å². The monoisotopic (exact) mass is 384 g/mol. The van der Waals surface area contributed by atoms with Crippen molar-refractivity contribution in [3.8, 4) is 0 Å². The molecule has 0 saturated heterocycles. The molecule has 0 saturated carbocycles. The Morgan fingerprint density at radius 1 is 0.421 bits per heavy atom. The summed E-state index contributed by atoms with van der Waals surface area (Å²) in [7, 11) is 0. The summed E-state index contributed by atoms with van der Waals surface area (Å²) in [5.74, 6) is 0. The van der Waals surface area contributed by atoms with Gasteiger partial charge in [-0.1, -0.05) is 0 Å². The van der Waals surface area contributed by atoms with E-state index in [9.17, 15) is 0 Å². The SMILES string of the molecule is CCCCCCCCC[Te]CCCCCCCCC. The van der Waals surface area contributed by atoms with Crippen LogP contribution in [0.1, 0.15) is 104 Å². The van der Waals surface area contributed by atoms with E-state index in [1.165, 1.54) is 77.0 Å². The average Bonchev–Trinajstić information content (AvgIpc) is 2.43. The van der Waals surface area contributed by atoms with E-state index in [0.717, 1.165) is 0 Å². The third-order valence-corrected chi connectivity index (χ3v) is 7.08. The number of rotatable bonds is 16. The minimum absolute atomic E-state index is 0.398.